The number of nitrogens with zero attached hydrogens (tertiary/aromatic N) is 2. The third kappa shape index (κ3) is 3.43. The summed E-state index contributed by atoms with van der Waals surface area (Å²) in [5.74, 6) is 0.728. The van der Waals surface area contributed by atoms with Crippen LogP contribution in [0.2, 0.25) is 0 Å². The summed E-state index contributed by atoms with van der Waals surface area (Å²) in [5.41, 5.74) is 1.09. The maximum atomic E-state index is 5.44. The lowest BCUT2D eigenvalue weighted by molar-refractivity contribution is 0.137. The van der Waals surface area contributed by atoms with Crippen molar-refractivity contribution in [2.45, 2.75) is 39.4 Å². The second kappa shape index (κ2) is 6.16. The molecular formula is C14H23N3O. The van der Waals surface area contributed by atoms with Crippen molar-refractivity contribution < 1.29 is 4.74 Å². The number of rotatable bonds is 4. The number of ether oxygens (including phenoxy) is 1. The van der Waals surface area contributed by atoms with Crippen molar-refractivity contribution in [2.75, 3.05) is 19.7 Å². The third-order valence-corrected chi connectivity index (χ3v) is 3.33. The zero-order valence-electron chi connectivity index (χ0n) is 11.5. The van der Waals surface area contributed by atoms with E-state index in [-0.39, 0.29) is 0 Å². The van der Waals surface area contributed by atoms with Gasteiger partial charge >= 0.3 is 0 Å². The first kappa shape index (κ1) is 13.3. The number of hydrogen-bond acceptors (Lipinski definition) is 4. The van der Waals surface area contributed by atoms with Crippen LogP contribution in [-0.4, -0.2) is 41.7 Å². The number of hydrogen-bond donors (Lipinski definition) is 1. The van der Waals surface area contributed by atoms with Crippen molar-refractivity contribution in [1.82, 2.24) is 15.2 Å². The number of aromatic nitrogens is 1. The second-order valence-electron chi connectivity index (χ2n) is 4.99. The average Bonchev–Trinajstić information content (AvgIpc) is 2.35. The Labute approximate surface area is 109 Å². The Morgan fingerprint density at radius 1 is 1.44 bits per heavy atom. The lowest BCUT2D eigenvalue weighted by Crippen LogP contribution is -2.53. The van der Waals surface area contributed by atoms with Crippen LogP contribution in [0.5, 0.6) is 5.88 Å². The van der Waals surface area contributed by atoms with Crippen LogP contribution < -0.4 is 10.1 Å². The Morgan fingerprint density at radius 2 is 2.28 bits per heavy atom. The Morgan fingerprint density at radius 3 is 3.06 bits per heavy atom. The van der Waals surface area contributed by atoms with Crippen molar-refractivity contribution in [2.24, 2.45) is 0 Å². The van der Waals surface area contributed by atoms with E-state index in [0.717, 1.165) is 31.2 Å². The molecular weight excluding hydrogens is 226 g/mol. The van der Waals surface area contributed by atoms with E-state index in [1.165, 1.54) is 0 Å². The first-order chi connectivity index (χ1) is 8.69. The van der Waals surface area contributed by atoms with Crippen molar-refractivity contribution in [3.05, 3.63) is 23.9 Å². The normalized spacial score (nSPS) is 25.1. The molecule has 2 heterocycles. The van der Waals surface area contributed by atoms with E-state index in [1.807, 2.05) is 19.1 Å². The van der Waals surface area contributed by atoms with E-state index in [2.05, 4.69) is 35.1 Å². The van der Waals surface area contributed by atoms with Crippen LogP contribution in [0, 0.1) is 0 Å². The smallest absolute Gasteiger partial charge is 0.213 e. The highest BCUT2D eigenvalue weighted by atomic mass is 16.5. The monoisotopic (exact) mass is 249 g/mol. The lowest BCUT2D eigenvalue weighted by Gasteiger charge is -2.37. The minimum Gasteiger partial charge on any atom is -0.478 e. The highest BCUT2D eigenvalue weighted by Crippen LogP contribution is 2.13. The van der Waals surface area contributed by atoms with Crippen LogP contribution in [0.3, 0.4) is 0 Å². The largest absolute Gasteiger partial charge is 0.478 e. The van der Waals surface area contributed by atoms with Gasteiger partial charge in [0.15, 0.2) is 0 Å². The Balaban J connectivity index is 2.01. The van der Waals surface area contributed by atoms with Gasteiger partial charge in [-0.2, -0.15) is 0 Å². The summed E-state index contributed by atoms with van der Waals surface area (Å²) in [7, 11) is 0. The van der Waals surface area contributed by atoms with Gasteiger partial charge < -0.3 is 10.1 Å². The van der Waals surface area contributed by atoms with Gasteiger partial charge in [0, 0.05) is 37.8 Å². The Bertz CT molecular complexity index is 383. The van der Waals surface area contributed by atoms with Crippen LogP contribution in [0.4, 0.5) is 0 Å². The number of pyridine rings is 1. The molecule has 4 heteroatoms. The summed E-state index contributed by atoms with van der Waals surface area (Å²) in [6.07, 6.45) is 0. The summed E-state index contributed by atoms with van der Waals surface area (Å²) in [6, 6.07) is 7.11. The third-order valence-electron chi connectivity index (χ3n) is 3.33. The minimum absolute atomic E-state index is 0.552. The van der Waals surface area contributed by atoms with Crippen LogP contribution >= 0.6 is 0 Å². The molecule has 1 aromatic rings. The molecule has 1 saturated heterocycles. The molecule has 1 N–H and O–H groups in total. The molecule has 100 valence electrons. The summed E-state index contributed by atoms with van der Waals surface area (Å²) >= 11 is 0. The molecule has 1 aromatic heterocycles. The predicted octanol–water partition coefficient (Wildman–Crippen LogP) is 1.66. The van der Waals surface area contributed by atoms with E-state index in [0.29, 0.717) is 18.7 Å². The molecule has 4 nitrogen and oxygen atoms in total. The van der Waals surface area contributed by atoms with Gasteiger partial charge in [0.05, 0.1) is 12.3 Å². The SMILES string of the molecule is CCOc1cccc(CN2CC(C)NCC2C)n1. The maximum absolute atomic E-state index is 5.44. The summed E-state index contributed by atoms with van der Waals surface area (Å²) < 4.78 is 5.44. The standard InChI is InChI=1S/C14H23N3O/c1-4-18-14-7-5-6-13(16-14)10-17-9-11(2)15-8-12(17)3/h5-7,11-12,15H,4,8-10H2,1-3H3. The van der Waals surface area contributed by atoms with Crippen molar-refractivity contribution in [3.63, 3.8) is 0 Å². The van der Waals surface area contributed by atoms with E-state index in [4.69, 9.17) is 4.74 Å². The predicted molar refractivity (Wildman–Crippen MR) is 72.7 cm³/mol. The molecule has 0 aliphatic carbocycles. The van der Waals surface area contributed by atoms with E-state index < -0.39 is 0 Å². The molecule has 2 rings (SSSR count). The van der Waals surface area contributed by atoms with Crippen molar-refractivity contribution in [1.29, 1.82) is 0 Å². The molecule has 0 bridgehead atoms. The summed E-state index contributed by atoms with van der Waals surface area (Å²) in [4.78, 5) is 7.00. The van der Waals surface area contributed by atoms with Gasteiger partial charge in [-0.3, -0.25) is 4.90 Å². The quantitative estimate of drug-likeness (QED) is 0.880. The fourth-order valence-electron chi connectivity index (χ4n) is 2.30. The highest BCUT2D eigenvalue weighted by Gasteiger charge is 2.22. The first-order valence-corrected chi connectivity index (χ1v) is 6.75. The molecule has 2 atom stereocenters. The Kier molecular flexibility index (Phi) is 4.55. The number of nitrogens with one attached hydrogen (secondary N) is 1. The van der Waals surface area contributed by atoms with Crippen molar-refractivity contribution >= 4 is 0 Å². The van der Waals surface area contributed by atoms with Crippen LogP contribution in [0.15, 0.2) is 18.2 Å². The first-order valence-electron chi connectivity index (χ1n) is 6.75. The minimum atomic E-state index is 0.552. The molecule has 18 heavy (non-hydrogen) atoms. The van der Waals surface area contributed by atoms with Gasteiger partial charge in [-0.1, -0.05) is 6.07 Å². The average molecular weight is 249 g/mol. The van der Waals surface area contributed by atoms with E-state index >= 15 is 0 Å². The second-order valence-corrected chi connectivity index (χ2v) is 4.99. The maximum Gasteiger partial charge on any atom is 0.213 e. The summed E-state index contributed by atoms with van der Waals surface area (Å²) in [6.45, 7) is 10.1. The molecule has 0 aromatic carbocycles. The molecule has 0 amide bonds. The fraction of sp³-hybridized carbons (Fsp3) is 0.643. The Hall–Kier alpha value is -1.13. The number of piperazine rings is 1. The van der Waals surface area contributed by atoms with Crippen LogP contribution in [-0.2, 0) is 6.54 Å². The highest BCUT2D eigenvalue weighted by molar-refractivity contribution is 5.16. The zero-order valence-corrected chi connectivity index (χ0v) is 11.5. The van der Waals surface area contributed by atoms with Gasteiger partial charge in [-0.05, 0) is 26.8 Å². The van der Waals surface area contributed by atoms with E-state index in [9.17, 15) is 0 Å². The van der Waals surface area contributed by atoms with Gasteiger partial charge in [0.1, 0.15) is 0 Å². The zero-order chi connectivity index (χ0) is 13.0. The fourth-order valence-corrected chi connectivity index (χ4v) is 2.30. The molecule has 1 fully saturated rings. The molecule has 1 aliphatic heterocycles. The van der Waals surface area contributed by atoms with Crippen LogP contribution in [0.25, 0.3) is 0 Å². The summed E-state index contributed by atoms with van der Waals surface area (Å²) in [5, 5.41) is 3.49. The molecule has 0 spiro atoms. The van der Waals surface area contributed by atoms with Gasteiger partial charge in [-0.15, -0.1) is 0 Å². The molecule has 0 saturated carbocycles. The van der Waals surface area contributed by atoms with Gasteiger partial charge in [0.2, 0.25) is 5.88 Å². The lowest BCUT2D eigenvalue weighted by atomic mass is 10.1. The topological polar surface area (TPSA) is 37.4 Å². The van der Waals surface area contributed by atoms with Gasteiger partial charge in [-0.25, -0.2) is 4.98 Å². The van der Waals surface area contributed by atoms with Gasteiger partial charge in [0.25, 0.3) is 0 Å². The molecule has 0 radical (unpaired) electrons. The van der Waals surface area contributed by atoms with Crippen molar-refractivity contribution in [3.8, 4) is 5.88 Å². The molecule has 2 unspecified atom stereocenters. The molecule has 1 aliphatic rings. The van der Waals surface area contributed by atoms with E-state index in [1.54, 1.807) is 0 Å². The van der Waals surface area contributed by atoms with Crippen LogP contribution in [0.1, 0.15) is 26.5 Å².